The summed E-state index contributed by atoms with van der Waals surface area (Å²) in [4.78, 5) is 80.0. The van der Waals surface area contributed by atoms with Crippen LogP contribution in [0, 0.1) is 23.7 Å². The fourth-order valence-corrected chi connectivity index (χ4v) is 7.02. The number of Topliss-reactive ketones (excluding diaryl/α,β-unsaturated/α-hetero) is 4. The Bertz CT molecular complexity index is 1570. The number of aromatic hydroxyl groups is 1. The molecule has 226 valence electrons. The number of amides is 2. The molecule has 43 heavy (non-hydrogen) atoms. The van der Waals surface area contributed by atoms with Crippen LogP contribution in [0.5, 0.6) is 5.75 Å². The van der Waals surface area contributed by atoms with E-state index in [0.717, 1.165) is 5.06 Å². The highest BCUT2D eigenvalue weighted by molar-refractivity contribution is 6.32. The Morgan fingerprint density at radius 2 is 1.67 bits per heavy atom. The van der Waals surface area contributed by atoms with E-state index in [1.807, 2.05) is 0 Å². The van der Waals surface area contributed by atoms with E-state index >= 15 is 0 Å². The minimum Gasteiger partial charge on any atom is -0.507 e. The van der Waals surface area contributed by atoms with E-state index in [9.17, 15) is 44.2 Å². The topological polar surface area (TPSA) is 208 Å². The van der Waals surface area contributed by atoms with Crippen LogP contribution >= 0.6 is 0 Å². The number of ketones is 4. The van der Waals surface area contributed by atoms with E-state index in [2.05, 4.69) is 5.32 Å². The van der Waals surface area contributed by atoms with Crippen molar-refractivity contribution < 1.29 is 44.2 Å². The molecule has 5 rings (SSSR count). The second-order valence-corrected chi connectivity index (χ2v) is 11.7. The Morgan fingerprint density at radius 1 is 1.02 bits per heavy atom. The number of likely N-dealkylation sites (N-methyl/N-ethyl adjacent to an activating group) is 2. The molecule has 2 aromatic rings. The van der Waals surface area contributed by atoms with Gasteiger partial charge in [0.05, 0.1) is 17.5 Å². The zero-order chi connectivity index (χ0) is 31.5. The average Bonchev–Trinajstić information content (AvgIpc) is 2.90. The molecule has 2 amide bonds. The summed E-state index contributed by atoms with van der Waals surface area (Å²) >= 11 is 0. The van der Waals surface area contributed by atoms with Crippen LogP contribution in [0.2, 0.25) is 0 Å². The SMILES string of the molecule is CN(O)CC(=O)Nc1ccc(-c2ccc(O)c3c2C[C@H]2C[C@H]4[C@H](N(C)C)C(=O)C(C(N)=O)C(=O)[C@@]4(O)C(=O)C2C3=O)cc1. The molecule has 6 N–H and O–H groups in total. The minimum atomic E-state index is -2.78. The monoisotopic (exact) mass is 592 g/mol. The van der Waals surface area contributed by atoms with Crippen molar-refractivity contribution >= 4 is 40.6 Å². The predicted molar refractivity (Wildman–Crippen MR) is 150 cm³/mol. The van der Waals surface area contributed by atoms with Crippen molar-refractivity contribution in [2.45, 2.75) is 24.5 Å². The molecule has 13 heteroatoms. The van der Waals surface area contributed by atoms with E-state index in [-0.39, 0.29) is 30.7 Å². The lowest BCUT2D eigenvalue weighted by atomic mass is 9.52. The number of nitrogens with two attached hydrogens (primary N) is 1. The molecule has 2 fully saturated rings. The summed E-state index contributed by atoms with van der Waals surface area (Å²) in [5, 5.41) is 35.1. The molecule has 0 aliphatic heterocycles. The maximum atomic E-state index is 13.9. The van der Waals surface area contributed by atoms with Gasteiger partial charge >= 0.3 is 0 Å². The third kappa shape index (κ3) is 4.74. The lowest BCUT2D eigenvalue weighted by Gasteiger charge is -2.52. The first-order chi connectivity index (χ1) is 20.2. The van der Waals surface area contributed by atoms with Gasteiger partial charge in [-0.3, -0.25) is 33.7 Å². The Kier molecular flexibility index (Phi) is 7.55. The molecule has 3 aliphatic rings. The number of hydrogen-bond donors (Lipinski definition) is 5. The number of aliphatic hydroxyl groups is 1. The van der Waals surface area contributed by atoms with Crippen LogP contribution in [0.4, 0.5) is 5.69 Å². The molecule has 2 saturated carbocycles. The van der Waals surface area contributed by atoms with Crippen molar-refractivity contribution in [1.29, 1.82) is 0 Å². The zero-order valence-corrected chi connectivity index (χ0v) is 23.7. The van der Waals surface area contributed by atoms with Gasteiger partial charge in [-0.2, -0.15) is 5.06 Å². The van der Waals surface area contributed by atoms with Gasteiger partial charge in [0.25, 0.3) is 0 Å². The fraction of sp³-hybridized carbons (Fsp3) is 0.400. The van der Waals surface area contributed by atoms with E-state index < -0.39 is 70.3 Å². The van der Waals surface area contributed by atoms with Gasteiger partial charge in [-0.1, -0.05) is 18.2 Å². The number of carbonyl (C=O) groups is 6. The number of primary amides is 1. The van der Waals surface area contributed by atoms with Gasteiger partial charge in [0, 0.05) is 18.7 Å². The molecule has 13 nitrogen and oxygen atoms in total. The van der Waals surface area contributed by atoms with Gasteiger partial charge in [-0.05, 0) is 67.7 Å². The number of phenolic OH excluding ortho intramolecular Hbond substituents is 1. The van der Waals surface area contributed by atoms with Gasteiger partial charge in [-0.25, -0.2) is 0 Å². The van der Waals surface area contributed by atoms with Crippen molar-refractivity contribution in [3.8, 4) is 16.9 Å². The molecule has 0 bridgehead atoms. The minimum absolute atomic E-state index is 0.0523. The summed E-state index contributed by atoms with van der Waals surface area (Å²) in [6.45, 7) is -0.234. The third-order valence-electron chi connectivity index (χ3n) is 8.80. The molecule has 0 heterocycles. The predicted octanol–water partition coefficient (Wildman–Crippen LogP) is -0.206. The van der Waals surface area contributed by atoms with E-state index in [1.165, 1.54) is 32.1 Å². The molecule has 0 radical (unpaired) electrons. The standard InChI is InChI=1S/C30H32N4O9/c1-33(2)24-18-11-14-10-17-16(13-4-6-15(7-5-13)32-20(36)12-34(3)43)8-9-19(35)22(17)25(37)21(14)27(39)30(18,42)28(40)23(26(24)38)29(31)41/h4-9,14,18,21,23-24,35,42-43H,10-12H2,1-3H3,(H2,31,41)(H,32,36)/t14-,18-,21?,23?,24-,30-/m0/s1. The first-order valence-electron chi connectivity index (χ1n) is 13.7. The second kappa shape index (κ2) is 10.8. The van der Waals surface area contributed by atoms with Gasteiger partial charge in [0.2, 0.25) is 11.8 Å². The van der Waals surface area contributed by atoms with Crippen molar-refractivity contribution in [3.63, 3.8) is 0 Å². The van der Waals surface area contributed by atoms with E-state index in [1.54, 1.807) is 30.3 Å². The molecular weight excluding hydrogens is 560 g/mol. The molecule has 6 atom stereocenters. The number of phenols is 1. The van der Waals surface area contributed by atoms with Crippen LogP contribution in [0.15, 0.2) is 36.4 Å². The van der Waals surface area contributed by atoms with Gasteiger partial charge in [0.1, 0.15) is 12.3 Å². The van der Waals surface area contributed by atoms with Crippen LogP contribution in [-0.4, -0.2) is 99.7 Å². The molecule has 0 spiro atoms. The van der Waals surface area contributed by atoms with Crippen molar-refractivity contribution in [2.75, 3.05) is 33.0 Å². The average molecular weight is 593 g/mol. The number of carbonyl (C=O) groups excluding carboxylic acids is 6. The summed E-state index contributed by atoms with van der Waals surface area (Å²) in [6, 6.07) is 8.45. The number of anilines is 1. The Balaban J connectivity index is 1.54. The Morgan fingerprint density at radius 3 is 2.26 bits per heavy atom. The highest BCUT2D eigenvalue weighted by atomic mass is 16.5. The summed E-state index contributed by atoms with van der Waals surface area (Å²) < 4.78 is 0. The number of nitrogens with one attached hydrogen (secondary N) is 1. The van der Waals surface area contributed by atoms with Gasteiger partial charge in [0.15, 0.2) is 34.7 Å². The zero-order valence-electron chi connectivity index (χ0n) is 23.7. The second-order valence-electron chi connectivity index (χ2n) is 11.7. The first-order valence-corrected chi connectivity index (χ1v) is 13.7. The lowest BCUT2D eigenvalue weighted by Crippen LogP contribution is -2.74. The quantitative estimate of drug-likeness (QED) is 0.219. The number of fused-ring (bicyclic) bond motifs is 3. The maximum absolute atomic E-state index is 13.9. The molecule has 3 aliphatic carbocycles. The summed E-state index contributed by atoms with van der Waals surface area (Å²) in [5.41, 5.74) is 4.63. The van der Waals surface area contributed by atoms with Gasteiger partial charge < -0.3 is 26.5 Å². The highest BCUT2D eigenvalue weighted by Crippen LogP contribution is 2.51. The van der Waals surface area contributed by atoms with Crippen LogP contribution in [0.3, 0.4) is 0 Å². The Hall–Kier alpha value is -4.30. The number of benzene rings is 2. The van der Waals surface area contributed by atoms with Crippen LogP contribution in [0.1, 0.15) is 22.3 Å². The molecule has 0 aromatic heterocycles. The van der Waals surface area contributed by atoms with Crippen LogP contribution < -0.4 is 11.1 Å². The normalized spacial score (nSPS) is 28.4. The molecule has 2 unspecified atom stereocenters. The highest BCUT2D eigenvalue weighted by Gasteiger charge is 2.69. The van der Waals surface area contributed by atoms with Crippen LogP contribution in [-0.2, 0) is 30.4 Å². The maximum Gasteiger partial charge on any atom is 0.240 e. The number of hydroxylamine groups is 2. The summed E-state index contributed by atoms with van der Waals surface area (Å²) in [6.07, 6.45) is 0.0696. The van der Waals surface area contributed by atoms with Crippen molar-refractivity contribution in [2.24, 2.45) is 29.4 Å². The van der Waals surface area contributed by atoms with Crippen molar-refractivity contribution in [1.82, 2.24) is 9.96 Å². The molecule has 0 saturated heterocycles. The first kappa shape index (κ1) is 30.2. The summed E-state index contributed by atoms with van der Waals surface area (Å²) in [7, 11) is 4.39. The van der Waals surface area contributed by atoms with Crippen molar-refractivity contribution in [3.05, 3.63) is 47.5 Å². The molecule has 2 aromatic carbocycles. The number of hydrogen-bond acceptors (Lipinski definition) is 11. The summed E-state index contributed by atoms with van der Waals surface area (Å²) in [5.74, 6) is -11.5. The van der Waals surface area contributed by atoms with Gasteiger partial charge in [-0.15, -0.1) is 0 Å². The smallest absolute Gasteiger partial charge is 0.240 e. The Labute approximate surface area is 246 Å². The largest absolute Gasteiger partial charge is 0.507 e. The third-order valence-corrected chi connectivity index (χ3v) is 8.80. The lowest BCUT2D eigenvalue weighted by molar-refractivity contribution is -0.181. The number of nitrogens with zero attached hydrogens (tertiary/aromatic N) is 2. The van der Waals surface area contributed by atoms with E-state index in [4.69, 9.17) is 5.73 Å². The molecular formula is C30H32N4O9. The van der Waals surface area contributed by atoms with E-state index in [0.29, 0.717) is 22.4 Å². The fourth-order valence-electron chi connectivity index (χ4n) is 7.02. The van der Waals surface area contributed by atoms with Crippen LogP contribution in [0.25, 0.3) is 11.1 Å². The number of rotatable bonds is 6.